The van der Waals surface area contributed by atoms with Gasteiger partial charge in [-0.05, 0) is 41.5 Å². The third-order valence-corrected chi connectivity index (χ3v) is 7.92. The van der Waals surface area contributed by atoms with Crippen molar-refractivity contribution in [3.8, 4) is 11.1 Å². The second kappa shape index (κ2) is 11.1. The average Bonchev–Trinajstić information content (AvgIpc) is 2.92. The van der Waals surface area contributed by atoms with Crippen molar-refractivity contribution >= 4 is 33.1 Å². The Morgan fingerprint density at radius 3 is 2.14 bits per heavy atom. The van der Waals surface area contributed by atoms with Gasteiger partial charge in [0, 0.05) is 23.1 Å². The lowest BCUT2D eigenvalue weighted by Crippen LogP contribution is -2.28. The molecule has 3 aromatic carbocycles. The van der Waals surface area contributed by atoms with Crippen LogP contribution in [-0.2, 0) is 14.6 Å². The summed E-state index contributed by atoms with van der Waals surface area (Å²) in [5, 5.41) is 3.45. The number of sulfone groups is 1. The number of pyridine rings is 1. The van der Waals surface area contributed by atoms with E-state index in [1.807, 2.05) is 18.2 Å². The van der Waals surface area contributed by atoms with E-state index >= 15 is 0 Å². The highest BCUT2D eigenvalue weighted by Crippen LogP contribution is 2.30. The number of aromatic nitrogens is 1. The van der Waals surface area contributed by atoms with E-state index in [0.29, 0.717) is 27.4 Å². The SMILES string of the molecule is CCS(=O)(=O)c1ccc(C(NC(C)=O)c2ccc(-c3ccc(Cl)cc3)c(C(=O)c3ccccc3)n2)cc1. The minimum Gasteiger partial charge on any atom is -0.344 e. The van der Waals surface area contributed by atoms with Crippen molar-refractivity contribution in [2.45, 2.75) is 24.8 Å². The van der Waals surface area contributed by atoms with Crippen LogP contribution in [0.25, 0.3) is 11.1 Å². The molecule has 1 unspecified atom stereocenters. The van der Waals surface area contributed by atoms with Crippen LogP contribution in [-0.4, -0.2) is 30.8 Å². The lowest BCUT2D eigenvalue weighted by molar-refractivity contribution is -0.119. The van der Waals surface area contributed by atoms with E-state index in [-0.39, 0.29) is 28.0 Å². The van der Waals surface area contributed by atoms with Crippen LogP contribution in [0.3, 0.4) is 0 Å². The van der Waals surface area contributed by atoms with Crippen molar-refractivity contribution in [1.82, 2.24) is 10.3 Å². The van der Waals surface area contributed by atoms with Gasteiger partial charge in [-0.2, -0.15) is 0 Å². The standard InChI is InChI=1S/C29H25ClN2O4S/c1-3-37(35,36)24-15-11-21(12-16-24)27(31-19(2)33)26-18-17-25(20-9-13-23(30)14-10-20)28(32-26)29(34)22-7-5-4-6-8-22/h4-18,27H,3H2,1-2H3,(H,31,33). The van der Waals surface area contributed by atoms with E-state index in [9.17, 15) is 18.0 Å². The van der Waals surface area contributed by atoms with Gasteiger partial charge >= 0.3 is 0 Å². The van der Waals surface area contributed by atoms with Crippen molar-refractivity contribution in [2.75, 3.05) is 5.75 Å². The number of benzene rings is 3. The molecule has 0 saturated heterocycles. The van der Waals surface area contributed by atoms with Crippen LogP contribution in [0.2, 0.25) is 5.02 Å². The summed E-state index contributed by atoms with van der Waals surface area (Å²) in [6, 6.07) is 25.1. The van der Waals surface area contributed by atoms with Crippen LogP contribution >= 0.6 is 11.6 Å². The van der Waals surface area contributed by atoms with Crippen LogP contribution in [0.1, 0.15) is 47.2 Å². The van der Waals surface area contributed by atoms with E-state index in [0.717, 1.165) is 5.56 Å². The molecule has 0 aliphatic rings. The summed E-state index contributed by atoms with van der Waals surface area (Å²) in [5.41, 5.74) is 3.18. The third-order valence-electron chi connectivity index (χ3n) is 5.92. The number of amides is 1. The molecular weight excluding hydrogens is 508 g/mol. The Bertz CT molecular complexity index is 1540. The minimum absolute atomic E-state index is 0.0137. The Morgan fingerprint density at radius 1 is 0.892 bits per heavy atom. The van der Waals surface area contributed by atoms with Gasteiger partial charge in [0.15, 0.2) is 9.84 Å². The average molecular weight is 533 g/mol. The van der Waals surface area contributed by atoms with Gasteiger partial charge < -0.3 is 5.32 Å². The van der Waals surface area contributed by atoms with Gasteiger partial charge in [-0.25, -0.2) is 13.4 Å². The summed E-state index contributed by atoms with van der Waals surface area (Å²) in [6.45, 7) is 2.97. The number of nitrogens with zero attached hydrogens (tertiary/aromatic N) is 1. The highest BCUT2D eigenvalue weighted by Gasteiger charge is 2.23. The number of carbonyl (C=O) groups is 2. The Hall–Kier alpha value is -3.81. The van der Waals surface area contributed by atoms with Crippen molar-refractivity contribution in [3.05, 3.63) is 119 Å². The Balaban J connectivity index is 1.85. The van der Waals surface area contributed by atoms with Gasteiger partial charge in [0.2, 0.25) is 11.7 Å². The molecule has 8 heteroatoms. The first kappa shape index (κ1) is 26.3. The summed E-state index contributed by atoms with van der Waals surface area (Å²) < 4.78 is 24.5. The zero-order valence-electron chi connectivity index (χ0n) is 20.3. The number of carbonyl (C=O) groups excluding carboxylic acids is 2. The molecule has 6 nitrogen and oxygen atoms in total. The van der Waals surface area contributed by atoms with Gasteiger partial charge in [-0.3, -0.25) is 9.59 Å². The molecule has 0 fully saturated rings. The first-order chi connectivity index (χ1) is 17.7. The first-order valence-electron chi connectivity index (χ1n) is 11.7. The molecule has 4 aromatic rings. The Labute approximate surface area is 221 Å². The molecule has 0 bridgehead atoms. The number of rotatable bonds is 8. The monoisotopic (exact) mass is 532 g/mol. The summed E-state index contributed by atoms with van der Waals surface area (Å²) in [5.74, 6) is -0.576. The Kier molecular flexibility index (Phi) is 7.86. The van der Waals surface area contributed by atoms with E-state index < -0.39 is 15.9 Å². The summed E-state index contributed by atoms with van der Waals surface area (Å²) in [7, 11) is -3.37. The van der Waals surface area contributed by atoms with Gasteiger partial charge in [0.1, 0.15) is 5.69 Å². The zero-order chi connectivity index (χ0) is 26.6. The minimum atomic E-state index is -3.37. The zero-order valence-corrected chi connectivity index (χ0v) is 21.9. The maximum Gasteiger partial charge on any atom is 0.217 e. The normalized spacial score (nSPS) is 12.1. The van der Waals surface area contributed by atoms with Crippen molar-refractivity contribution < 1.29 is 18.0 Å². The van der Waals surface area contributed by atoms with Crippen molar-refractivity contribution in [3.63, 3.8) is 0 Å². The second-order valence-corrected chi connectivity index (χ2v) is 11.2. The molecule has 0 aliphatic carbocycles. The topological polar surface area (TPSA) is 93.2 Å². The highest BCUT2D eigenvalue weighted by molar-refractivity contribution is 7.91. The molecule has 0 spiro atoms. The number of nitrogens with one attached hydrogen (secondary N) is 1. The fourth-order valence-electron chi connectivity index (χ4n) is 3.96. The van der Waals surface area contributed by atoms with E-state index in [4.69, 9.17) is 16.6 Å². The number of halogens is 1. The van der Waals surface area contributed by atoms with Crippen LogP contribution in [0.15, 0.2) is 95.9 Å². The first-order valence-corrected chi connectivity index (χ1v) is 13.7. The molecule has 188 valence electrons. The van der Waals surface area contributed by atoms with E-state index in [1.165, 1.54) is 19.1 Å². The van der Waals surface area contributed by atoms with Gasteiger partial charge in [0.25, 0.3) is 0 Å². The van der Waals surface area contributed by atoms with Crippen molar-refractivity contribution in [1.29, 1.82) is 0 Å². The predicted octanol–water partition coefficient (Wildman–Crippen LogP) is 5.65. The van der Waals surface area contributed by atoms with Gasteiger partial charge in [0.05, 0.1) is 22.4 Å². The van der Waals surface area contributed by atoms with Crippen molar-refractivity contribution in [2.24, 2.45) is 0 Å². The number of ketones is 1. The summed E-state index contributed by atoms with van der Waals surface area (Å²) in [4.78, 5) is 30.7. The van der Waals surface area contributed by atoms with E-state index in [2.05, 4.69) is 5.32 Å². The molecular formula is C29H25ClN2O4S. The Morgan fingerprint density at radius 2 is 1.54 bits per heavy atom. The largest absolute Gasteiger partial charge is 0.344 e. The maximum atomic E-state index is 13.6. The molecule has 0 aliphatic heterocycles. The smallest absolute Gasteiger partial charge is 0.217 e. The summed E-state index contributed by atoms with van der Waals surface area (Å²) >= 11 is 6.07. The van der Waals surface area contributed by atoms with Gasteiger partial charge in [-0.1, -0.05) is 79.2 Å². The lowest BCUT2D eigenvalue weighted by atomic mass is 9.96. The van der Waals surface area contributed by atoms with Crippen LogP contribution in [0.5, 0.6) is 0 Å². The van der Waals surface area contributed by atoms with E-state index in [1.54, 1.807) is 67.6 Å². The molecule has 1 atom stereocenters. The predicted molar refractivity (Wildman–Crippen MR) is 144 cm³/mol. The summed E-state index contributed by atoms with van der Waals surface area (Å²) in [6.07, 6.45) is 0. The molecule has 1 heterocycles. The molecule has 37 heavy (non-hydrogen) atoms. The quantitative estimate of drug-likeness (QED) is 0.296. The maximum absolute atomic E-state index is 13.6. The number of hydrogen-bond donors (Lipinski definition) is 1. The molecule has 1 aromatic heterocycles. The fraction of sp³-hybridized carbons (Fsp3) is 0.138. The van der Waals surface area contributed by atoms with Crippen LogP contribution in [0, 0.1) is 0 Å². The van der Waals surface area contributed by atoms with Crippen LogP contribution < -0.4 is 5.32 Å². The number of hydrogen-bond acceptors (Lipinski definition) is 5. The van der Waals surface area contributed by atoms with Gasteiger partial charge in [-0.15, -0.1) is 0 Å². The second-order valence-electron chi connectivity index (χ2n) is 8.44. The van der Waals surface area contributed by atoms with Crippen LogP contribution in [0.4, 0.5) is 0 Å². The molecule has 1 N–H and O–H groups in total. The third kappa shape index (κ3) is 5.96. The fourth-order valence-corrected chi connectivity index (χ4v) is 4.97. The molecule has 0 saturated carbocycles. The molecule has 1 amide bonds. The lowest BCUT2D eigenvalue weighted by Gasteiger charge is -2.20. The molecule has 0 radical (unpaired) electrons. The molecule has 4 rings (SSSR count). The highest BCUT2D eigenvalue weighted by atomic mass is 35.5.